The van der Waals surface area contributed by atoms with Gasteiger partial charge in [0.05, 0.1) is 6.54 Å². The first kappa shape index (κ1) is 23.2. The van der Waals surface area contributed by atoms with Gasteiger partial charge in [-0.1, -0.05) is 30.3 Å². The maximum Gasteiger partial charge on any atom is 0.191 e. The molecule has 1 saturated heterocycles. The van der Waals surface area contributed by atoms with Crippen LogP contribution in [0.2, 0.25) is 0 Å². The number of aliphatic imine (C=N–C) groups is 1. The topological polar surface area (TPSA) is 59.9 Å². The highest BCUT2D eigenvalue weighted by atomic mass is 127. The molecule has 0 bridgehead atoms. The molecule has 148 valence electrons. The Labute approximate surface area is 175 Å². The van der Waals surface area contributed by atoms with Crippen LogP contribution in [-0.2, 0) is 5.60 Å². The first-order valence-electron chi connectivity index (χ1n) is 9.50. The minimum atomic E-state index is -0.961. The monoisotopic (exact) mass is 474 g/mol. The van der Waals surface area contributed by atoms with Crippen molar-refractivity contribution >= 4 is 29.9 Å². The first-order valence-corrected chi connectivity index (χ1v) is 9.50. The molecular weight excluding hydrogens is 439 g/mol. The van der Waals surface area contributed by atoms with Crippen LogP contribution in [0.3, 0.4) is 0 Å². The molecule has 0 saturated carbocycles. The van der Waals surface area contributed by atoms with Gasteiger partial charge in [0.2, 0.25) is 0 Å². The van der Waals surface area contributed by atoms with Gasteiger partial charge in [0.15, 0.2) is 5.96 Å². The summed E-state index contributed by atoms with van der Waals surface area (Å²) in [6.07, 6.45) is 3.75. The Hall–Kier alpha value is -0.860. The second-order valence-electron chi connectivity index (χ2n) is 7.30. The molecule has 1 heterocycles. The lowest BCUT2D eigenvalue weighted by molar-refractivity contribution is 0.0672. The number of piperidine rings is 1. The minimum Gasteiger partial charge on any atom is -0.384 e. The number of likely N-dealkylation sites (tertiary alicyclic amines) is 1. The summed E-state index contributed by atoms with van der Waals surface area (Å²) in [6.45, 7) is 8.36. The molecule has 6 heteroatoms. The van der Waals surface area contributed by atoms with E-state index in [4.69, 9.17) is 0 Å². The number of halogens is 1. The zero-order chi connectivity index (χ0) is 18.1. The Morgan fingerprint density at radius 1 is 1.23 bits per heavy atom. The van der Waals surface area contributed by atoms with E-state index >= 15 is 0 Å². The van der Waals surface area contributed by atoms with Crippen molar-refractivity contribution in [3.63, 3.8) is 0 Å². The molecule has 3 N–H and O–H groups in total. The highest BCUT2D eigenvalue weighted by Crippen LogP contribution is 2.20. The summed E-state index contributed by atoms with van der Waals surface area (Å²) in [5.74, 6) is 1.59. The van der Waals surface area contributed by atoms with E-state index in [2.05, 4.69) is 34.5 Å². The van der Waals surface area contributed by atoms with Gasteiger partial charge in [-0.2, -0.15) is 0 Å². The van der Waals surface area contributed by atoms with Crippen LogP contribution in [0, 0.1) is 5.92 Å². The Bertz CT molecular complexity index is 528. The van der Waals surface area contributed by atoms with E-state index in [9.17, 15) is 5.11 Å². The average molecular weight is 474 g/mol. The number of rotatable bonds is 7. The van der Waals surface area contributed by atoms with E-state index in [-0.39, 0.29) is 24.0 Å². The van der Waals surface area contributed by atoms with E-state index < -0.39 is 5.60 Å². The second-order valence-corrected chi connectivity index (χ2v) is 7.30. The van der Waals surface area contributed by atoms with Crippen LogP contribution in [0.25, 0.3) is 0 Å². The number of benzene rings is 1. The number of aliphatic hydroxyl groups is 1. The number of guanidine groups is 1. The molecule has 0 aromatic heterocycles. The van der Waals surface area contributed by atoms with E-state index in [0.717, 1.165) is 30.5 Å². The van der Waals surface area contributed by atoms with E-state index in [1.54, 1.807) is 0 Å². The SMILES string of the molecule is CCNC(=NCC(C)(O)c1ccccc1)NCCC1CCN(C)CC1.I. The average Bonchev–Trinajstić information content (AvgIpc) is 2.62. The van der Waals surface area contributed by atoms with Crippen molar-refractivity contribution < 1.29 is 5.11 Å². The van der Waals surface area contributed by atoms with Crippen LogP contribution in [0.1, 0.15) is 38.7 Å². The summed E-state index contributed by atoms with van der Waals surface area (Å²) in [5, 5.41) is 17.4. The van der Waals surface area contributed by atoms with E-state index in [1.165, 1.54) is 32.4 Å². The molecule has 1 aliphatic rings. The Morgan fingerprint density at radius 3 is 2.50 bits per heavy atom. The fraction of sp³-hybridized carbons (Fsp3) is 0.650. The molecule has 0 amide bonds. The molecule has 5 nitrogen and oxygen atoms in total. The summed E-state index contributed by atoms with van der Waals surface area (Å²) in [4.78, 5) is 7.00. The number of hydrogen-bond acceptors (Lipinski definition) is 3. The molecule has 1 aromatic carbocycles. The molecule has 1 unspecified atom stereocenters. The molecule has 1 fully saturated rings. The number of nitrogens with zero attached hydrogens (tertiary/aromatic N) is 2. The van der Waals surface area contributed by atoms with Gasteiger partial charge in [-0.25, -0.2) is 4.99 Å². The van der Waals surface area contributed by atoms with Gasteiger partial charge in [-0.15, -0.1) is 24.0 Å². The van der Waals surface area contributed by atoms with Crippen LogP contribution >= 0.6 is 24.0 Å². The summed E-state index contributed by atoms with van der Waals surface area (Å²) in [5.41, 5.74) is -0.0710. The van der Waals surface area contributed by atoms with Crippen molar-refractivity contribution in [1.82, 2.24) is 15.5 Å². The van der Waals surface area contributed by atoms with Gasteiger partial charge in [-0.3, -0.25) is 0 Å². The Balaban J connectivity index is 0.00000338. The lowest BCUT2D eigenvalue weighted by atomic mass is 9.94. The van der Waals surface area contributed by atoms with Crippen molar-refractivity contribution in [1.29, 1.82) is 0 Å². The predicted octanol–water partition coefficient (Wildman–Crippen LogP) is 2.80. The third-order valence-electron chi connectivity index (χ3n) is 4.97. The van der Waals surface area contributed by atoms with Gasteiger partial charge in [0.25, 0.3) is 0 Å². The fourth-order valence-corrected chi connectivity index (χ4v) is 3.21. The number of hydrogen-bond donors (Lipinski definition) is 3. The van der Waals surface area contributed by atoms with Crippen molar-refractivity contribution in [2.24, 2.45) is 10.9 Å². The minimum absolute atomic E-state index is 0. The molecule has 26 heavy (non-hydrogen) atoms. The van der Waals surface area contributed by atoms with Crippen LogP contribution in [0.4, 0.5) is 0 Å². The molecule has 0 aliphatic carbocycles. The molecule has 2 rings (SSSR count). The molecule has 1 aromatic rings. The summed E-state index contributed by atoms with van der Waals surface area (Å²) < 4.78 is 0. The van der Waals surface area contributed by atoms with Crippen LogP contribution in [-0.4, -0.2) is 55.7 Å². The van der Waals surface area contributed by atoms with Gasteiger partial charge in [0, 0.05) is 13.1 Å². The van der Waals surface area contributed by atoms with Gasteiger partial charge < -0.3 is 20.6 Å². The molecule has 0 radical (unpaired) electrons. The fourth-order valence-electron chi connectivity index (χ4n) is 3.21. The van der Waals surface area contributed by atoms with Crippen LogP contribution in [0.15, 0.2) is 35.3 Å². The third-order valence-corrected chi connectivity index (χ3v) is 4.97. The zero-order valence-electron chi connectivity index (χ0n) is 16.4. The van der Waals surface area contributed by atoms with Crippen molar-refractivity contribution in [2.75, 3.05) is 39.8 Å². The molecular formula is C20H35IN4O. The summed E-state index contributed by atoms with van der Waals surface area (Å²) >= 11 is 0. The predicted molar refractivity (Wildman–Crippen MR) is 120 cm³/mol. The summed E-state index contributed by atoms with van der Waals surface area (Å²) in [7, 11) is 2.20. The smallest absolute Gasteiger partial charge is 0.191 e. The second kappa shape index (κ2) is 11.8. The maximum absolute atomic E-state index is 10.7. The molecule has 1 atom stereocenters. The molecule has 1 aliphatic heterocycles. The van der Waals surface area contributed by atoms with Crippen molar-refractivity contribution in [3.8, 4) is 0 Å². The normalized spacial score (nSPS) is 18.7. The molecule has 0 spiro atoms. The van der Waals surface area contributed by atoms with Crippen molar-refractivity contribution in [3.05, 3.63) is 35.9 Å². The van der Waals surface area contributed by atoms with Gasteiger partial charge >= 0.3 is 0 Å². The zero-order valence-corrected chi connectivity index (χ0v) is 18.7. The van der Waals surface area contributed by atoms with Gasteiger partial charge in [0.1, 0.15) is 5.60 Å². The highest BCUT2D eigenvalue weighted by molar-refractivity contribution is 14.0. The van der Waals surface area contributed by atoms with E-state index in [0.29, 0.717) is 6.54 Å². The Morgan fingerprint density at radius 2 is 1.88 bits per heavy atom. The van der Waals surface area contributed by atoms with Crippen LogP contribution < -0.4 is 10.6 Å². The lowest BCUT2D eigenvalue weighted by Gasteiger charge is -2.29. The standard InChI is InChI=1S/C20H34N4O.HI/c1-4-21-19(22-13-10-17-11-14-24(3)15-12-17)23-16-20(2,25)18-8-6-5-7-9-18;/h5-9,17,25H,4,10-16H2,1-3H3,(H2,21,22,23);1H. The quantitative estimate of drug-likeness (QED) is 0.323. The highest BCUT2D eigenvalue weighted by Gasteiger charge is 2.22. The van der Waals surface area contributed by atoms with Crippen LogP contribution in [0.5, 0.6) is 0 Å². The summed E-state index contributed by atoms with van der Waals surface area (Å²) in [6, 6.07) is 9.72. The third kappa shape index (κ3) is 7.80. The van der Waals surface area contributed by atoms with E-state index in [1.807, 2.05) is 37.3 Å². The number of nitrogens with one attached hydrogen (secondary N) is 2. The van der Waals surface area contributed by atoms with Crippen molar-refractivity contribution in [2.45, 2.75) is 38.7 Å². The Kier molecular flexibility index (Phi) is 10.5. The van der Waals surface area contributed by atoms with Gasteiger partial charge in [-0.05, 0) is 64.7 Å². The largest absolute Gasteiger partial charge is 0.384 e. The first-order chi connectivity index (χ1) is 12.0. The lowest BCUT2D eigenvalue weighted by Crippen LogP contribution is -2.40. The maximum atomic E-state index is 10.7.